The predicted octanol–water partition coefficient (Wildman–Crippen LogP) is 1.01. The lowest BCUT2D eigenvalue weighted by atomic mass is 10.2. The summed E-state index contributed by atoms with van der Waals surface area (Å²) in [6, 6.07) is 1.32. The van der Waals surface area contributed by atoms with Crippen molar-refractivity contribution < 1.29 is 0 Å². The van der Waals surface area contributed by atoms with E-state index in [1.807, 2.05) is 18.7 Å². The summed E-state index contributed by atoms with van der Waals surface area (Å²) in [5, 5.41) is 8.00. The molecule has 0 aromatic carbocycles. The summed E-state index contributed by atoms with van der Waals surface area (Å²) in [6.45, 7) is 4.26. The van der Waals surface area contributed by atoms with Crippen molar-refractivity contribution in [3.05, 3.63) is 11.3 Å². The summed E-state index contributed by atoms with van der Waals surface area (Å²) in [5.74, 6) is 0.965. The number of hydrogen-bond donors (Lipinski definition) is 2. The molecule has 2 heterocycles. The minimum atomic E-state index is 0.421. The second-order valence-corrected chi connectivity index (χ2v) is 6.09. The monoisotopic (exact) mass is 279 g/mol. The van der Waals surface area contributed by atoms with Crippen LogP contribution in [0.2, 0.25) is 0 Å². The number of nitrogens with one attached hydrogen (secondary N) is 1. The minimum Gasteiger partial charge on any atom is -0.389 e. The van der Waals surface area contributed by atoms with Gasteiger partial charge >= 0.3 is 0 Å². The van der Waals surface area contributed by atoms with Crippen molar-refractivity contribution in [1.29, 1.82) is 0 Å². The molecule has 1 unspecified atom stereocenters. The molecule has 104 valence electrons. The molecule has 1 atom stereocenters. The Morgan fingerprint density at radius 1 is 1.42 bits per heavy atom. The number of anilines is 1. The number of rotatable bonds is 4. The Morgan fingerprint density at radius 3 is 2.79 bits per heavy atom. The number of aromatic nitrogens is 2. The first-order chi connectivity index (χ1) is 9.06. The van der Waals surface area contributed by atoms with Crippen LogP contribution in [0.25, 0.3) is 0 Å². The van der Waals surface area contributed by atoms with Crippen LogP contribution in [0, 0.1) is 6.92 Å². The van der Waals surface area contributed by atoms with Gasteiger partial charge in [0.25, 0.3) is 0 Å². The summed E-state index contributed by atoms with van der Waals surface area (Å²) in [4.78, 5) is 3.01. The van der Waals surface area contributed by atoms with E-state index >= 15 is 0 Å². The van der Waals surface area contributed by atoms with E-state index in [4.69, 9.17) is 18.0 Å². The Labute approximate surface area is 119 Å². The van der Waals surface area contributed by atoms with Crippen molar-refractivity contribution in [2.24, 2.45) is 12.8 Å². The van der Waals surface area contributed by atoms with Crippen LogP contribution in [0.5, 0.6) is 0 Å². The molecule has 0 bridgehead atoms. The van der Waals surface area contributed by atoms with Crippen molar-refractivity contribution in [1.82, 2.24) is 14.7 Å². The molecule has 0 amide bonds. The number of hydrogen-bond acceptors (Lipinski definition) is 4. The van der Waals surface area contributed by atoms with Crippen molar-refractivity contribution in [3.8, 4) is 0 Å². The smallest absolute Gasteiger partial charge is 0.134 e. The Hall–Kier alpha value is -1.14. The molecule has 2 aliphatic rings. The third kappa shape index (κ3) is 2.47. The topological polar surface area (TPSA) is 59.1 Å². The summed E-state index contributed by atoms with van der Waals surface area (Å²) in [6.07, 6.45) is 3.92. The lowest BCUT2D eigenvalue weighted by Crippen LogP contribution is -2.29. The molecular formula is C13H21N5S. The molecule has 1 saturated heterocycles. The first-order valence-corrected chi connectivity index (χ1v) is 7.31. The van der Waals surface area contributed by atoms with Gasteiger partial charge in [0.2, 0.25) is 0 Å². The molecular weight excluding hydrogens is 258 g/mol. The molecule has 3 N–H and O–H groups in total. The van der Waals surface area contributed by atoms with Crippen LogP contribution in [-0.2, 0) is 7.05 Å². The highest BCUT2D eigenvalue weighted by Crippen LogP contribution is 2.31. The zero-order chi connectivity index (χ0) is 13.6. The van der Waals surface area contributed by atoms with Crippen molar-refractivity contribution in [3.63, 3.8) is 0 Å². The van der Waals surface area contributed by atoms with Crippen LogP contribution in [-0.4, -0.2) is 44.8 Å². The maximum atomic E-state index is 5.82. The van der Waals surface area contributed by atoms with Gasteiger partial charge in [0, 0.05) is 32.2 Å². The largest absolute Gasteiger partial charge is 0.389 e. The molecule has 5 nitrogen and oxygen atoms in total. The number of thiocarbonyl (C=S) groups is 1. The molecule has 1 saturated carbocycles. The predicted molar refractivity (Wildman–Crippen MR) is 80.5 cm³/mol. The maximum absolute atomic E-state index is 5.82. The van der Waals surface area contributed by atoms with Gasteiger partial charge in [-0.3, -0.25) is 9.58 Å². The first-order valence-electron chi connectivity index (χ1n) is 6.90. The van der Waals surface area contributed by atoms with Gasteiger partial charge in [-0.05, 0) is 26.2 Å². The van der Waals surface area contributed by atoms with Gasteiger partial charge in [-0.2, -0.15) is 5.10 Å². The van der Waals surface area contributed by atoms with E-state index in [-0.39, 0.29) is 0 Å². The third-order valence-corrected chi connectivity index (χ3v) is 4.30. The van der Waals surface area contributed by atoms with E-state index in [1.54, 1.807) is 0 Å². The SMILES string of the molecule is Cc1nn(C)c(NC2CCN(C3CC3)C2)c1C(N)=S. The number of aryl methyl sites for hydroxylation is 2. The second-order valence-electron chi connectivity index (χ2n) is 5.65. The second kappa shape index (κ2) is 4.76. The van der Waals surface area contributed by atoms with Crippen molar-refractivity contribution in [2.75, 3.05) is 18.4 Å². The highest BCUT2D eigenvalue weighted by molar-refractivity contribution is 7.80. The quantitative estimate of drug-likeness (QED) is 0.806. The van der Waals surface area contributed by atoms with Crippen LogP contribution in [0.15, 0.2) is 0 Å². The van der Waals surface area contributed by atoms with Gasteiger partial charge in [-0.15, -0.1) is 0 Å². The summed E-state index contributed by atoms with van der Waals surface area (Å²) < 4.78 is 1.85. The average molecular weight is 279 g/mol. The highest BCUT2D eigenvalue weighted by Gasteiger charge is 2.34. The van der Waals surface area contributed by atoms with Gasteiger partial charge in [0.15, 0.2) is 0 Å². The molecule has 1 aromatic rings. The molecule has 3 rings (SSSR count). The first kappa shape index (κ1) is 12.9. The Morgan fingerprint density at radius 2 is 2.16 bits per heavy atom. The standard InChI is InChI=1S/C13H21N5S/c1-8-11(12(14)19)13(17(2)16-8)15-9-5-6-18(7-9)10-3-4-10/h9-10,15H,3-7H2,1-2H3,(H2,14,19). The zero-order valence-corrected chi connectivity index (χ0v) is 12.3. The molecule has 0 radical (unpaired) electrons. The minimum absolute atomic E-state index is 0.421. The van der Waals surface area contributed by atoms with Gasteiger partial charge in [-0.25, -0.2) is 0 Å². The number of likely N-dealkylation sites (tertiary alicyclic amines) is 1. The molecule has 1 aliphatic carbocycles. The van der Waals surface area contributed by atoms with Crippen LogP contribution in [0.3, 0.4) is 0 Å². The Kier molecular flexibility index (Phi) is 3.22. The third-order valence-electron chi connectivity index (χ3n) is 4.09. The fourth-order valence-corrected chi connectivity index (χ4v) is 3.23. The van der Waals surface area contributed by atoms with Crippen LogP contribution in [0.4, 0.5) is 5.82 Å². The highest BCUT2D eigenvalue weighted by atomic mass is 32.1. The van der Waals surface area contributed by atoms with Crippen molar-refractivity contribution >= 4 is 23.0 Å². The molecule has 1 aromatic heterocycles. The average Bonchev–Trinajstić information content (AvgIpc) is 3.01. The molecule has 19 heavy (non-hydrogen) atoms. The van der Waals surface area contributed by atoms with Gasteiger partial charge in [0.05, 0.1) is 11.3 Å². The molecule has 0 spiro atoms. The number of nitrogens with two attached hydrogens (primary N) is 1. The van der Waals surface area contributed by atoms with E-state index in [1.165, 1.54) is 25.8 Å². The Bertz CT molecular complexity index is 505. The normalized spacial score (nSPS) is 23.8. The lowest BCUT2D eigenvalue weighted by molar-refractivity contribution is 0.326. The van der Waals surface area contributed by atoms with E-state index in [2.05, 4.69) is 15.3 Å². The van der Waals surface area contributed by atoms with E-state index < -0.39 is 0 Å². The fraction of sp³-hybridized carbons (Fsp3) is 0.692. The van der Waals surface area contributed by atoms with E-state index in [0.717, 1.165) is 29.7 Å². The Balaban J connectivity index is 1.74. The van der Waals surface area contributed by atoms with Gasteiger partial charge < -0.3 is 11.1 Å². The number of nitrogens with zero attached hydrogens (tertiary/aromatic N) is 3. The zero-order valence-electron chi connectivity index (χ0n) is 11.5. The maximum Gasteiger partial charge on any atom is 0.134 e. The summed E-state index contributed by atoms with van der Waals surface area (Å²) in [5.41, 5.74) is 7.61. The summed E-state index contributed by atoms with van der Waals surface area (Å²) in [7, 11) is 1.94. The molecule has 1 aliphatic heterocycles. The van der Waals surface area contributed by atoms with Gasteiger partial charge in [0.1, 0.15) is 10.8 Å². The van der Waals surface area contributed by atoms with Gasteiger partial charge in [-0.1, -0.05) is 12.2 Å². The molecule has 6 heteroatoms. The van der Waals surface area contributed by atoms with E-state index in [9.17, 15) is 0 Å². The van der Waals surface area contributed by atoms with Crippen LogP contribution >= 0.6 is 12.2 Å². The fourth-order valence-electron chi connectivity index (χ4n) is 2.99. The summed E-state index contributed by atoms with van der Waals surface area (Å²) >= 11 is 5.14. The molecule has 2 fully saturated rings. The lowest BCUT2D eigenvalue weighted by Gasteiger charge is -2.17. The van der Waals surface area contributed by atoms with Crippen LogP contribution in [0.1, 0.15) is 30.5 Å². The van der Waals surface area contributed by atoms with E-state index in [0.29, 0.717) is 11.0 Å². The van der Waals surface area contributed by atoms with Crippen molar-refractivity contribution in [2.45, 2.75) is 38.3 Å². The van der Waals surface area contributed by atoms with Crippen LogP contribution < -0.4 is 11.1 Å².